The van der Waals surface area contributed by atoms with E-state index in [0.29, 0.717) is 0 Å². The number of halogens is 2. The maximum atomic E-state index is 13.9. The van der Waals surface area contributed by atoms with Crippen LogP contribution in [-0.2, 0) is 16.6 Å². The predicted octanol–water partition coefficient (Wildman–Crippen LogP) is 3.79. The number of hydrogen-bond donors (Lipinski definition) is 0. The summed E-state index contributed by atoms with van der Waals surface area (Å²) in [4.78, 5) is 14.8. The van der Waals surface area contributed by atoms with Crippen molar-refractivity contribution >= 4 is 5.91 Å². The van der Waals surface area contributed by atoms with E-state index in [9.17, 15) is 13.6 Å². The van der Waals surface area contributed by atoms with Gasteiger partial charge in [-0.2, -0.15) is 0 Å². The van der Waals surface area contributed by atoms with Crippen molar-refractivity contribution in [2.45, 2.75) is 76.4 Å². The van der Waals surface area contributed by atoms with E-state index in [1.165, 1.54) is 12.1 Å². The average Bonchev–Trinajstić information content (AvgIpc) is 3.21. The van der Waals surface area contributed by atoms with Crippen LogP contribution in [-0.4, -0.2) is 37.9 Å². The zero-order valence-electron chi connectivity index (χ0n) is 16.5. The lowest BCUT2D eigenvalue weighted by Crippen LogP contribution is -2.47. The van der Waals surface area contributed by atoms with Gasteiger partial charge in [0.05, 0.1) is 18.2 Å². The number of nitrogens with zero attached hydrogens (tertiary/aromatic N) is 4. The Bertz CT molecular complexity index is 875. The van der Waals surface area contributed by atoms with E-state index >= 15 is 0 Å². The molecule has 1 aromatic heterocycles. The fraction of sp³-hybridized carbons (Fsp3) is 0.571. The molecular weight excluding hydrogens is 362 g/mol. The van der Waals surface area contributed by atoms with Gasteiger partial charge in [-0.25, -0.2) is 13.5 Å². The van der Waals surface area contributed by atoms with Gasteiger partial charge in [0, 0.05) is 29.8 Å². The Morgan fingerprint density at radius 2 is 1.82 bits per heavy atom. The summed E-state index contributed by atoms with van der Waals surface area (Å²) in [7, 11) is 0. The standard InChI is InChI=1S/C21H26F2N4O/c1-21(2,3)19-12-26(25-24-19)17-10-15-6-7-16(11-17)27(15)20(28)8-13-4-5-14(22)9-18(13)23/h4-5,9,12,15-17H,6-8,10-11H2,1-3H3. The highest BCUT2D eigenvalue weighted by atomic mass is 19.1. The summed E-state index contributed by atoms with van der Waals surface area (Å²) < 4.78 is 29.0. The first-order valence-corrected chi connectivity index (χ1v) is 9.90. The first-order chi connectivity index (χ1) is 13.2. The lowest BCUT2D eigenvalue weighted by atomic mass is 9.92. The zero-order chi connectivity index (χ0) is 20.1. The molecule has 5 nitrogen and oxygen atoms in total. The summed E-state index contributed by atoms with van der Waals surface area (Å²) in [6.45, 7) is 6.34. The Hall–Kier alpha value is -2.31. The second-order valence-electron chi connectivity index (χ2n) is 9.06. The van der Waals surface area contributed by atoms with Gasteiger partial charge in [-0.05, 0) is 37.3 Å². The maximum Gasteiger partial charge on any atom is 0.227 e. The molecule has 0 aliphatic carbocycles. The van der Waals surface area contributed by atoms with Crippen LogP contribution in [0.4, 0.5) is 8.78 Å². The highest BCUT2D eigenvalue weighted by Gasteiger charge is 2.44. The predicted molar refractivity (Wildman–Crippen MR) is 101 cm³/mol. The van der Waals surface area contributed by atoms with E-state index in [0.717, 1.165) is 37.4 Å². The van der Waals surface area contributed by atoms with Crippen LogP contribution >= 0.6 is 0 Å². The van der Waals surface area contributed by atoms with Crippen LogP contribution < -0.4 is 0 Å². The van der Waals surface area contributed by atoms with E-state index in [-0.39, 0.29) is 41.4 Å². The largest absolute Gasteiger partial charge is 0.336 e. The Morgan fingerprint density at radius 1 is 1.14 bits per heavy atom. The van der Waals surface area contributed by atoms with Crippen molar-refractivity contribution in [3.63, 3.8) is 0 Å². The summed E-state index contributed by atoms with van der Waals surface area (Å²) in [5.41, 5.74) is 1.16. The number of rotatable bonds is 3. The third-order valence-corrected chi connectivity index (χ3v) is 6.01. The number of fused-ring (bicyclic) bond motifs is 2. The first kappa shape index (κ1) is 19.0. The van der Waals surface area contributed by atoms with E-state index in [2.05, 4.69) is 31.1 Å². The number of carbonyl (C=O) groups is 1. The molecule has 2 aliphatic heterocycles. The number of carbonyl (C=O) groups excluding carboxylic acids is 1. The van der Waals surface area contributed by atoms with Gasteiger partial charge in [-0.15, -0.1) is 5.10 Å². The Balaban J connectivity index is 1.46. The second-order valence-corrected chi connectivity index (χ2v) is 9.06. The molecule has 2 bridgehead atoms. The van der Waals surface area contributed by atoms with E-state index in [1.807, 2.05) is 15.8 Å². The summed E-state index contributed by atoms with van der Waals surface area (Å²) in [5, 5.41) is 8.66. The van der Waals surface area contributed by atoms with Crippen molar-refractivity contribution in [3.05, 3.63) is 47.3 Å². The minimum Gasteiger partial charge on any atom is -0.336 e. The lowest BCUT2D eigenvalue weighted by molar-refractivity contribution is -0.135. The number of aromatic nitrogens is 3. The van der Waals surface area contributed by atoms with Crippen molar-refractivity contribution < 1.29 is 13.6 Å². The molecule has 0 N–H and O–H groups in total. The second kappa shape index (κ2) is 6.94. The highest BCUT2D eigenvalue weighted by molar-refractivity contribution is 5.80. The van der Waals surface area contributed by atoms with Gasteiger partial charge >= 0.3 is 0 Å². The molecule has 0 saturated carbocycles. The molecule has 2 unspecified atom stereocenters. The smallest absolute Gasteiger partial charge is 0.227 e. The first-order valence-electron chi connectivity index (χ1n) is 9.90. The molecule has 2 aromatic rings. The SMILES string of the molecule is CC(C)(C)c1cn(C2CC3CCC(C2)N3C(=O)Cc2ccc(F)cc2F)nn1. The summed E-state index contributed by atoms with van der Waals surface area (Å²) in [6, 6.07) is 3.91. The molecule has 1 aromatic carbocycles. The van der Waals surface area contributed by atoms with Crippen LogP contribution in [0.15, 0.2) is 24.4 Å². The molecule has 150 valence electrons. The molecule has 2 fully saturated rings. The zero-order valence-corrected chi connectivity index (χ0v) is 16.5. The Kier molecular flexibility index (Phi) is 4.71. The van der Waals surface area contributed by atoms with Crippen molar-refractivity contribution in [1.82, 2.24) is 19.9 Å². The molecule has 2 atom stereocenters. The van der Waals surface area contributed by atoms with Gasteiger partial charge < -0.3 is 4.90 Å². The van der Waals surface area contributed by atoms with Crippen molar-refractivity contribution in [1.29, 1.82) is 0 Å². The maximum absolute atomic E-state index is 13.9. The molecule has 2 aliphatic rings. The molecule has 28 heavy (non-hydrogen) atoms. The lowest BCUT2D eigenvalue weighted by Gasteiger charge is -2.39. The summed E-state index contributed by atoms with van der Waals surface area (Å²) >= 11 is 0. The van der Waals surface area contributed by atoms with Gasteiger partial charge in [-0.1, -0.05) is 32.1 Å². The van der Waals surface area contributed by atoms with Crippen molar-refractivity contribution in [3.8, 4) is 0 Å². The van der Waals surface area contributed by atoms with E-state index in [1.54, 1.807) is 0 Å². The van der Waals surface area contributed by atoms with Crippen LogP contribution in [0, 0.1) is 11.6 Å². The number of benzene rings is 1. The Morgan fingerprint density at radius 3 is 2.39 bits per heavy atom. The highest BCUT2D eigenvalue weighted by Crippen LogP contribution is 2.41. The summed E-state index contributed by atoms with van der Waals surface area (Å²) in [5.74, 6) is -1.37. The van der Waals surface area contributed by atoms with Crippen LogP contribution in [0.2, 0.25) is 0 Å². The van der Waals surface area contributed by atoms with E-state index in [4.69, 9.17) is 0 Å². The summed E-state index contributed by atoms with van der Waals surface area (Å²) in [6.07, 6.45) is 5.58. The van der Waals surface area contributed by atoms with Crippen molar-refractivity contribution in [2.75, 3.05) is 0 Å². The topological polar surface area (TPSA) is 51.0 Å². The van der Waals surface area contributed by atoms with Gasteiger partial charge in [0.2, 0.25) is 5.91 Å². The van der Waals surface area contributed by atoms with E-state index < -0.39 is 11.6 Å². The van der Waals surface area contributed by atoms with Crippen LogP contribution in [0.1, 0.15) is 63.8 Å². The number of hydrogen-bond acceptors (Lipinski definition) is 3. The molecule has 0 spiro atoms. The van der Waals surface area contributed by atoms with Crippen molar-refractivity contribution in [2.24, 2.45) is 0 Å². The fourth-order valence-electron chi connectivity index (χ4n) is 4.49. The quantitative estimate of drug-likeness (QED) is 0.804. The number of amides is 1. The molecule has 2 saturated heterocycles. The molecule has 7 heteroatoms. The monoisotopic (exact) mass is 388 g/mol. The molecule has 4 rings (SSSR count). The Labute approximate surface area is 163 Å². The molecule has 3 heterocycles. The van der Waals surface area contributed by atoms with Crippen LogP contribution in [0.3, 0.4) is 0 Å². The third kappa shape index (κ3) is 3.54. The fourth-order valence-corrected chi connectivity index (χ4v) is 4.49. The third-order valence-electron chi connectivity index (χ3n) is 6.01. The molecular formula is C21H26F2N4O. The normalized spacial score (nSPS) is 24.6. The van der Waals surface area contributed by atoms with Gasteiger partial charge in [0.1, 0.15) is 11.6 Å². The van der Waals surface area contributed by atoms with Gasteiger partial charge in [-0.3, -0.25) is 4.79 Å². The minimum atomic E-state index is -0.659. The average molecular weight is 388 g/mol. The molecule has 1 amide bonds. The van der Waals surface area contributed by atoms with Crippen LogP contribution in [0.25, 0.3) is 0 Å². The van der Waals surface area contributed by atoms with Crippen LogP contribution in [0.5, 0.6) is 0 Å². The van der Waals surface area contributed by atoms with Gasteiger partial charge in [0.15, 0.2) is 0 Å². The minimum absolute atomic E-state index is 0.0265. The molecule has 0 radical (unpaired) electrons. The number of piperidine rings is 1. The van der Waals surface area contributed by atoms with Gasteiger partial charge in [0.25, 0.3) is 0 Å².